The molecule has 17 heavy (non-hydrogen) atoms. The molecule has 0 saturated carbocycles. The Morgan fingerprint density at radius 3 is 2.41 bits per heavy atom. The van der Waals surface area contributed by atoms with Crippen LogP contribution in [-0.4, -0.2) is 27.5 Å². The molecule has 1 rings (SSSR count). The number of nitrogens with two attached hydrogens (primary N) is 1. The molecule has 0 aliphatic rings. The molecular formula is C12H24N4O. The Kier molecular flexibility index (Phi) is 4.40. The average Bonchev–Trinajstić information content (AvgIpc) is 2.52. The summed E-state index contributed by atoms with van der Waals surface area (Å²) in [6, 6.07) is 0.240. The lowest BCUT2D eigenvalue weighted by Gasteiger charge is -2.18. The van der Waals surface area contributed by atoms with E-state index >= 15 is 0 Å². The van der Waals surface area contributed by atoms with Crippen LogP contribution in [0.3, 0.4) is 0 Å². The van der Waals surface area contributed by atoms with Gasteiger partial charge in [0.2, 0.25) is 0 Å². The van der Waals surface area contributed by atoms with Crippen molar-refractivity contribution in [1.29, 1.82) is 0 Å². The number of aliphatic hydroxyl groups excluding tert-OH is 1. The number of rotatable bonds is 5. The number of nitrogens with one attached hydrogen (secondary N) is 1. The van der Waals surface area contributed by atoms with Crippen LogP contribution in [0, 0.1) is 12.8 Å². The summed E-state index contributed by atoms with van der Waals surface area (Å²) in [6.45, 7) is 10.4. The maximum Gasteiger partial charge on any atom is 0.148 e. The highest BCUT2D eigenvalue weighted by Gasteiger charge is 2.16. The molecule has 1 aromatic rings. The van der Waals surface area contributed by atoms with Crippen molar-refractivity contribution in [2.75, 3.05) is 17.6 Å². The maximum atomic E-state index is 9.78. The van der Waals surface area contributed by atoms with Gasteiger partial charge >= 0.3 is 0 Å². The third kappa shape index (κ3) is 3.12. The van der Waals surface area contributed by atoms with Crippen LogP contribution in [0.25, 0.3) is 0 Å². The van der Waals surface area contributed by atoms with E-state index in [1.807, 2.05) is 25.5 Å². The summed E-state index contributed by atoms with van der Waals surface area (Å²) in [4.78, 5) is 0. The Hall–Kier alpha value is -1.23. The summed E-state index contributed by atoms with van der Waals surface area (Å²) in [6.07, 6.45) is -0.384. The number of aromatic nitrogens is 2. The maximum absolute atomic E-state index is 9.78. The predicted octanol–water partition coefficient (Wildman–Crippen LogP) is 1.78. The lowest BCUT2D eigenvalue weighted by atomic mass is 10.1. The Bertz CT molecular complexity index is 371. The summed E-state index contributed by atoms with van der Waals surface area (Å²) in [5.74, 6) is 1.03. The zero-order valence-electron chi connectivity index (χ0n) is 11.4. The van der Waals surface area contributed by atoms with E-state index in [-0.39, 0.29) is 18.1 Å². The summed E-state index contributed by atoms with van der Waals surface area (Å²) in [5, 5.41) is 17.4. The highest BCUT2D eigenvalue weighted by Crippen LogP contribution is 2.25. The second kappa shape index (κ2) is 5.40. The minimum atomic E-state index is -0.384. The van der Waals surface area contributed by atoms with Crippen LogP contribution in [0.5, 0.6) is 0 Å². The van der Waals surface area contributed by atoms with Crippen molar-refractivity contribution in [1.82, 2.24) is 9.78 Å². The first-order valence-electron chi connectivity index (χ1n) is 6.11. The molecule has 0 aromatic carbocycles. The molecule has 98 valence electrons. The Morgan fingerprint density at radius 2 is 1.94 bits per heavy atom. The smallest absolute Gasteiger partial charge is 0.148 e. The number of hydrogen-bond donors (Lipinski definition) is 3. The SMILES string of the molecule is Cc1nn(C(C)C)c(NCC(O)C(C)C)c1N. The molecule has 1 unspecified atom stereocenters. The van der Waals surface area contributed by atoms with Gasteiger partial charge in [0.25, 0.3) is 0 Å². The van der Waals surface area contributed by atoms with Crippen LogP contribution in [-0.2, 0) is 0 Å². The lowest BCUT2D eigenvalue weighted by Crippen LogP contribution is -2.26. The Morgan fingerprint density at radius 1 is 1.35 bits per heavy atom. The van der Waals surface area contributed by atoms with Crippen molar-refractivity contribution >= 4 is 11.5 Å². The van der Waals surface area contributed by atoms with Gasteiger partial charge in [0.15, 0.2) is 0 Å². The molecule has 0 aliphatic heterocycles. The highest BCUT2D eigenvalue weighted by molar-refractivity contribution is 5.64. The Labute approximate surface area is 103 Å². The second-order valence-electron chi connectivity index (χ2n) is 5.08. The minimum absolute atomic E-state index is 0.222. The summed E-state index contributed by atoms with van der Waals surface area (Å²) in [5.41, 5.74) is 7.46. The van der Waals surface area contributed by atoms with Gasteiger partial charge in [-0.15, -0.1) is 0 Å². The van der Waals surface area contributed by atoms with Gasteiger partial charge < -0.3 is 16.2 Å². The third-order valence-corrected chi connectivity index (χ3v) is 2.87. The normalized spacial score (nSPS) is 13.4. The minimum Gasteiger partial charge on any atom is -0.394 e. The van der Waals surface area contributed by atoms with Crippen LogP contribution in [0.4, 0.5) is 11.5 Å². The number of aliphatic hydroxyl groups is 1. The van der Waals surface area contributed by atoms with Crippen molar-refractivity contribution in [3.8, 4) is 0 Å². The molecule has 0 spiro atoms. The molecule has 0 radical (unpaired) electrons. The van der Waals surface area contributed by atoms with Gasteiger partial charge in [0, 0.05) is 12.6 Å². The standard InChI is InChI=1S/C12H24N4O/c1-7(2)10(17)6-14-12-11(13)9(5)15-16(12)8(3)4/h7-8,10,14,17H,6,13H2,1-5H3. The van der Waals surface area contributed by atoms with E-state index in [1.54, 1.807) is 0 Å². The van der Waals surface area contributed by atoms with Crippen molar-refractivity contribution in [2.24, 2.45) is 5.92 Å². The number of aryl methyl sites for hydroxylation is 1. The van der Waals surface area contributed by atoms with Gasteiger partial charge in [-0.3, -0.25) is 0 Å². The molecular weight excluding hydrogens is 216 g/mol. The number of hydrogen-bond acceptors (Lipinski definition) is 4. The second-order valence-corrected chi connectivity index (χ2v) is 5.08. The third-order valence-electron chi connectivity index (χ3n) is 2.87. The van der Waals surface area contributed by atoms with Crippen molar-refractivity contribution in [3.63, 3.8) is 0 Å². The van der Waals surface area contributed by atoms with Gasteiger partial charge in [-0.05, 0) is 26.7 Å². The molecule has 1 aromatic heterocycles. The fraction of sp³-hybridized carbons (Fsp3) is 0.750. The fourth-order valence-corrected chi connectivity index (χ4v) is 1.55. The zero-order valence-corrected chi connectivity index (χ0v) is 11.4. The highest BCUT2D eigenvalue weighted by atomic mass is 16.3. The Balaban J connectivity index is 2.83. The van der Waals surface area contributed by atoms with E-state index in [4.69, 9.17) is 5.73 Å². The number of nitrogens with zero attached hydrogens (tertiary/aromatic N) is 2. The van der Waals surface area contributed by atoms with E-state index in [0.29, 0.717) is 12.2 Å². The molecule has 5 heteroatoms. The first kappa shape index (κ1) is 13.8. The summed E-state index contributed by atoms with van der Waals surface area (Å²) in [7, 11) is 0. The van der Waals surface area contributed by atoms with Gasteiger partial charge in [-0.1, -0.05) is 13.8 Å². The molecule has 0 fully saturated rings. The van der Waals surface area contributed by atoms with Gasteiger partial charge in [0.05, 0.1) is 17.5 Å². The summed E-state index contributed by atoms with van der Waals surface area (Å²) < 4.78 is 1.86. The molecule has 0 bridgehead atoms. The van der Waals surface area contributed by atoms with Gasteiger partial charge in [-0.25, -0.2) is 4.68 Å². The fourth-order valence-electron chi connectivity index (χ4n) is 1.55. The topological polar surface area (TPSA) is 76.1 Å². The molecule has 1 atom stereocenters. The predicted molar refractivity (Wildman–Crippen MR) is 71.1 cm³/mol. The average molecular weight is 240 g/mol. The van der Waals surface area contributed by atoms with E-state index < -0.39 is 0 Å². The summed E-state index contributed by atoms with van der Waals surface area (Å²) >= 11 is 0. The number of anilines is 2. The van der Waals surface area contributed by atoms with Crippen molar-refractivity contribution < 1.29 is 5.11 Å². The zero-order chi connectivity index (χ0) is 13.2. The molecule has 0 aliphatic carbocycles. The molecule has 1 heterocycles. The van der Waals surface area contributed by atoms with Crippen LogP contribution in [0.15, 0.2) is 0 Å². The molecule has 0 saturated heterocycles. The molecule has 4 N–H and O–H groups in total. The van der Waals surface area contributed by atoms with E-state index in [9.17, 15) is 5.11 Å². The largest absolute Gasteiger partial charge is 0.394 e. The first-order chi connectivity index (χ1) is 7.84. The van der Waals surface area contributed by atoms with E-state index in [0.717, 1.165) is 11.5 Å². The first-order valence-corrected chi connectivity index (χ1v) is 6.11. The molecule has 5 nitrogen and oxygen atoms in total. The van der Waals surface area contributed by atoms with Crippen molar-refractivity contribution in [2.45, 2.75) is 46.8 Å². The van der Waals surface area contributed by atoms with Crippen LogP contribution in [0.1, 0.15) is 39.4 Å². The lowest BCUT2D eigenvalue weighted by molar-refractivity contribution is 0.137. The van der Waals surface area contributed by atoms with Crippen molar-refractivity contribution in [3.05, 3.63) is 5.69 Å². The molecule has 0 amide bonds. The van der Waals surface area contributed by atoms with Gasteiger partial charge in [0.1, 0.15) is 5.82 Å². The van der Waals surface area contributed by atoms with E-state index in [2.05, 4.69) is 24.3 Å². The van der Waals surface area contributed by atoms with Crippen LogP contribution >= 0.6 is 0 Å². The number of nitrogen functional groups attached to an aromatic ring is 1. The van der Waals surface area contributed by atoms with Gasteiger partial charge in [-0.2, -0.15) is 5.10 Å². The van der Waals surface area contributed by atoms with Crippen LogP contribution in [0.2, 0.25) is 0 Å². The van der Waals surface area contributed by atoms with Crippen LogP contribution < -0.4 is 11.1 Å². The monoisotopic (exact) mass is 240 g/mol. The quantitative estimate of drug-likeness (QED) is 0.733. The van der Waals surface area contributed by atoms with E-state index in [1.165, 1.54) is 0 Å².